The van der Waals surface area contributed by atoms with Crippen molar-refractivity contribution in [1.29, 1.82) is 0 Å². The highest BCUT2D eigenvalue weighted by atomic mass is 35.5. The molecule has 0 aliphatic rings. The van der Waals surface area contributed by atoms with Gasteiger partial charge in [-0.3, -0.25) is 14.9 Å². The summed E-state index contributed by atoms with van der Waals surface area (Å²) < 4.78 is 9.96. The van der Waals surface area contributed by atoms with E-state index in [0.717, 1.165) is 5.56 Å². The summed E-state index contributed by atoms with van der Waals surface area (Å²) in [5, 5.41) is 1.66. The van der Waals surface area contributed by atoms with Crippen molar-refractivity contribution in [1.82, 2.24) is 0 Å². The van der Waals surface area contributed by atoms with Crippen molar-refractivity contribution in [3.8, 4) is 5.75 Å². The van der Waals surface area contributed by atoms with Crippen LogP contribution in [-0.4, -0.2) is 17.3 Å². The van der Waals surface area contributed by atoms with Crippen molar-refractivity contribution in [2.75, 3.05) is 5.32 Å². The van der Waals surface area contributed by atoms with Crippen LogP contribution in [0.25, 0.3) is 0 Å². The van der Waals surface area contributed by atoms with E-state index in [1.165, 1.54) is 25.1 Å². The summed E-state index contributed by atoms with van der Waals surface area (Å²) in [6.45, 7) is 1.31. The van der Waals surface area contributed by atoms with Gasteiger partial charge >= 0.3 is 12.1 Å². The van der Waals surface area contributed by atoms with Gasteiger partial charge in [0.25, 0.3) is 5.24 Å². The van der Waals surface area contributed by atoms with Gasteiger partial charge in [0.2, 0.25) is 0 Å². The van der Waals surface area contributed by atoms with E-state index >= 15 is 0 Å². The predicted molar refractivity (Wildman–Crippen MR) is 88.2 cm³/mol. The predicted octanol–water partition coefficient (Wildman–Crippen LogP) is 3.74. The molecule has 6 nitrogen and oxygen atoms in total. The molecule has 1 N–H and O–H groups in total. The maximum absolute atomic E-state index is 11.8. The van der Waals surface area contributed by atoms with Crippen LogP contribution in [0, 0.1) is 0 Å². The van der Waals surface area contributed by atoms with Crippen molar-refractivity contribution in [2.45, 2.75) is 13.5 Å². The van der Waals surface area contributed by atoms with Crippen LogP contribution in [0.5, 0.6) is 5.75 Å². The third kappa shape index (κ3) is 5.10. The summed E-state index contributed by atoms with van der Waals surface area (Å²) in [5.41, 5.74) is 1.09. The molecule has 0 atom stereocenters. The highest BCUT2D eigenvalue weighted by molar-refractivity contribution is 6.68. The van der Waals surface area contributed by atoms with Crippen LogP contribution in [-0.2, 0) is 16.1 Å². The number of hydrogen-bond acceptors (Lipinski definition) is 5. The van der Waals surface area contributed by atoms with Gasteiger partial charge in [-0.1, -0.05) is 30.3 Å². The minimum Gasteiger partial charge on any atom is -0.444 e. The topological polar surface area (TPSA) is 81.7 Å². The molecule has 0 saturated heterocycles. The number of amides is 1. The lowest BCUT2D eigenvalue weighted by Gasteiger charge is -2.10. The average Bonchev–Trinajstić information content (AvgIpc) is 2.54. The Bertz CT molecular complexity index is 761. The molecule has 0 heterocycles. The molecule has 2 rings (SSSR count). The second-order valence-corrected chi connectivity index (χ2v) is 5.11. The molecule has 2 aromatic carbocycles. The van der Waals surface area contributed by atoms with E-state index < -0.39 is 17.3 Å². The molecule has 1 amide bonds. The van der Waals surface area contributed by atoms with Gasteiger partial charge < -0.3 is 9.47 Å². The number of benzene rings is 2. The number of nitrogens with one attached hydrogen (secondary N) is 1. The summed E-state index contributed by atoms with van der Waals surface area (Å²) in [5.74, 6) is -0.567. The Morgan fingerprint density at radius 3 is 2.42 bits per heavy atom. The molecule has 24 heavy (non-hydrogen) atoms. The number of anilines is 1. The number of esters is 1. The molecular weight excluding hydrogens is 334 g/mol. The smallest absolute Gasteiger partial charge is 0.411 e. The second-order valence-electron chi connectivity index (χ2n) is 4.77. The maximum atomic E-state index is 11.8. The first-order valence-electron chi connectivity index (χ1n) is 6.95. The molecule has 0 fully saturated rings. The van der Waals surface area contributed by atoms with Gasteiger partial charge in [-0.05, 0) is 35.4 Å². The van der Waals surface area contributed by atoms with Crippen molar-refractivity contribution < 1.29 is 23.9 Å². The maximum Gasteiger partial charge on any atom is 0.411 e. The van der Waals surface area contributed by atoms with Crippen LogP contribution >= 0.6 is 11.6 Å². The molecule has 0 spiro atoms. The summed E-state index contributed by atoms with van der Waals surface area (Å²) in [7, 11) is 0. The average molecular weight is 348 g/mol. The number of carbonyl (C=O) groups excluding carboxylic acids is 3. The van der Waals surface area contributed by atoms with E-state index in [1.807, 2.05) is 30.3 Å². The van der Waals surface area contributed by atoms with E-state index in [2.05, 4.69) is 5.32 Å². The third-order valence-electron chi connectivity index (χ3n) is 2.90. The Kier molecular flexibility index (Phi) is 5.92. The van der Waals surface area contributed by atoms with Gasteiger partial charge in [-0.25, -0.2) is 4.79 Å². The van der Waals surface area contributed by atoms with Crippen LogP contribution in [0.15, 0.2) is 48.5 Å². The normalized spacial score (nSPS) is 9.92. The highest BCUT2D eigenvalue weighted by Crippen LogP contribution is 2.25. The molecule has 0 bridgehead atoms. The van der Waals surface area contributed by atoms with Gasteiger partial charge in [0.1, 0.15) is 12.4 Å². The van der Waals surface area contributed by atoms with E-state index in [-0.39, 0.29) is 23.6 Å². The molecule has 0 saturated carbocycles. The van der Waals surface area contributed by atoms with Gasteiger partial charge in [0.05, 0.1) is 5.56 Å². The Morgan fingerprint density at radius 2 is 1.79 bits per heavy atom. The Morgan fingerprint density at radius 1 is 1.08 bits per heavy atom. The van der Waals surface area contributed by atoms with Crippen LogP contribution in [0.4, 0.5) is 10.5 Å². The van der Waals surface area contributed by atoms with E-state index in [9.17, 15) is 14.4 Å². The summed E-state index contributed by atoms with van der Waals surface area (Å²) in [6, 6.07) is 13.3. The molecule has 0 aliphatic heterocycles. The quantitative estimate of drug-likeness (QED) is 0.506. The Labute approximate surface area is 143 Å². The lowest BCUT2D eigenvalue weighted by molar-refractivity contribution is -0.131. The number of ether oxygens (including phenoxy) is 2. The minimum atomic E-state index is -0.812. The fourth-order valence-corrected chi connectivity index (χ4v) is 2.03. The number of carbonyl (C=O) groups is 3. The molecule has 0 unspecified atom stereocenters. The zero-order valence-electron chi connectivity index (χ0n) is 12.7. The first-order chi connectivity index (χ1) is 11.5. The Balaban J connectivity index is 2.03. The molecule has 2 aromatic rings. The molecular formula is C17H14ClNO5. The fraction of sp³-hybridized carbons (Fsp3) is 0.118. The largest absolute Gasteiger partial charge is 0.444 e. The molecule has 0 radical (unpaired) electrons. The summed E-state index contributed by atoms with van der Waals surface area (Å²) in [4.78, 5) is 34.2. The first kappa shape index (κ1) is 17.5. The van der Waals surface area contributed by atoms with Crippen LogP contribution in [0.3, 0.4) is 0 Å². The number of hydrogen-bond donors (Lipinski definition) is 1. The Hall–Kier alpha value is -2.86. The van der Waals surface area contributed by atoms with E-state index in [4.69, 9.17) is 21.1 Å². The SMILES string of the molecule is CC(=O)Oc1ccc(NC(=O)OCc2ccccc2)cc1C(=O)Cl. The summed E-state index contributed by atoms with van der Waals surface area (Å²) >= 11 is 5.47. The van der Waals surface area contributed by atoms with Crippen molar-refractivity contribution in [3.05, 3.63) is 59.7 Å². The summed E-state index contributed by atoms with van der Waals surface area (Å²) in [6.07, 6.45) is -0.688. The second kappa shape index (κ2) is 8.12. The zero-order chi connectivity index (χ0) is 17.5. The molecule has 0 aliphatic carbocycles. The first-order valence-corrected chi connectivity index (χ1v) is 7.33. The van der Waals surface area contributed by atoms with Crippen molar-refractivity contribution >= 4 is 34.6 Å². The van der Waals surface area contributed by atoms with E-state index in [1.54, 1.807) is 0 Å². The number of halogens is 1. The fourth-order valence-electron chi connectivity index (χ4n) is 1.88. The lowest BCUT2D eigenvalue weighted by Crippen LogP contribution is -2.14. The molecule has 124 valence electrons. The number of rotatable bonds is 5. The van der Waals surface area contributed by atoms with Gasteiger partial charge in [0, 0.05) is 12.6 Å². The van der Waals surface area contributed by atoms with Crippen molar-refractivity contribution in [2.24, 2.45) is 0 Å². The van der Waals surface area contributed by atoms with Crippen LogP contribution in [0.2, 0.25) is 0 Å². The van der Waals surface area contributed by atoms with Gasteiger partial charge in [-0.2, -0.15) is 0 Å². The molecule has 0 aromatic heterocycles. The van der Waals surface area contributed by atoms with Gasteiger partial charge in [0.15, 0.2) is 0 Å². The minimum absolute atomic E-state index is 0.0192. The van der Waals surface area contributed by atoms with Crippen LogP contribution < -0.4 is 10.1 Å². The van der Waals surface area contributed by atoms with Crippen molar-refractivity contribution in [3.63, 3.8) is 0 Å². The standard InChI is InChI=1S/C17H14ClNO5/c1-11(20)24-15-8-7-13(9-14(15)16(18)21)19-17(22)23-10-12-5-3-2-4-6-12/h2-9H,10H2,1H3,(H,19,22). The lowest BCUT2D eigenvalue weighted by atomic mass is 10.2. The third-order valence-corrected chi connectivity index (χ3v) is 3.11. The van der Waals surface area contributed by atoms with Crippen LogP contribution in [0.1, 0.15) is 22.8 Å². The zero-order valence-corrected chi connectivity index (χ0v) is 13.5. The molecule has 7 heteroatoms. The monoisotopic (exact) mass is 347 g/mol. The van der Waals surface area contributed by atoms with Gasteiger partial charge in [-0.15, -0.1) is 0 Å². The van der Waals surface area contributed by atoms with E-state index in [0.29, 0.717) is 0 Å². The highest BCUT2D eigenvalue weighted by Gasteiger charge is 2.14.